The fraction of sp³-hybridized carbons (Fsp3) is 0.500. The van der Waals surface area contributed by atoms with Crippen LogP contribution in [-0.4, -0.2) is 42.3 Å². The molecule has 1 N–H and O–H groups in total. The Morgan fingerprint density at radius 2 is 2.40 bits per heavy atom. The van der Waals surface area contributed by atoms with Crippen LogP contribution in [0.4, 0.5) is 0 Å². The summed E-state index contributed by atoms with van der Waals surface area (Å²) >= 11 is 0. The van der Waals surface area contributed by atoms with Gasteiger partial charge >= 0.3 is 5.97 Å². The molecule has 82 valence electrons. The highest BCUT2D eigenvalue weighted by Gasteiger charge is 2.25. The molecule has 0 radical (unpaired) electrons. The van der Waals surface area contributed by atoms with Gasteiger partial charge in [0.1, 0.15) is 5.76 Å². The van der Waals surface area contributed by atoms with E-state index in [0.29, 0.717) is 25.4 Å². The third-order valence-electron chi connectivity index (χ3n) is 2.37. The van der Waals surface area contributed by atoms with Crippen molar-refractivity contribution in [1.29, 1.82) is 0 Å². The first-order valence-corrected chi connectivity index (χ1v) is 4.76. The SMILES string of the molecule is COC(=O)c1ccc(CN2CC(O)C2)o1. The number of carbonyl (C=O) groups is 1. The molecule has 0 bridgehead atoms. The zero-order chi connectivity index (χ0) is 10.8. The van der Waals surface area contributed by atoms with E-state index in [9.17, 15) is 4.79 Å². The van der Waals surface area contributed by atoms with Crippen molar-refractivity contribution in [3.63, 3.8) is 0 Å². The minimum Gasteiger partial charge on any atom is -0.463 e. The molecule has 1 fully saturated rings. The summed E-state index contributed by atoms with van der Waals surface area (Å²) in [6.07, 6.45) is -0.222. The van der Waals surface area contributed by atoms with Crippen molar-refractivity contribution in [2.75, 3.05) is 20.2 Å². The number of hydrogen-bond donors (Lipinski definition) is 1. The van der Waals surface area contributed by atoms with E-state index in [1.807, 2.05) is 4.90 Å². The van der Waals surface area contributed by atoms with Gasteiger partial charge in [0.15, 0.2) is 0 Å². The topological polar surface area (TPSA) is 62.9 Å². The predicted molar refractivity (Wildman–Crippen MR) is 51.3 cm³/mol. The van der Waals surface area contributed by atoms with E-state index in [2.05, 4.69) is 4.74 Å². The van der Waals surface area contributed by atoms with Crippen LogP contribution in [0.5, 0.6) is 0 Å². The van der Waals surface area contributed by atoms with Crippen molar-refractivity contribution in [3.05, 3.63) is 23.7 Å². The molecule has 1 aromatic rings. The minimum absolute atomic E-state index is 0.216. The zero-order valence-corrected chi connectivity index (χ0v) is 8.47. The number of esters is 1. The van der Waals surface area contributed by atoms with Crippen molar-refractivity contribution in [1.82, 2.24) is 4.90 Å². The van der Waals surface area contributed by atoms with Crippen LogP contribution in [0.3, 0.4) is 0 Å². The molecule has 0 aliphatic carbocycles. The Kier molecular flexibility index (Phi) is 2.75. The molecule has 1 aliphatic heterocycles. The van der Waals surface area contributed by atoms with Crippen LogP contribution >= 0.6 is 0 Å². The molecule has 5 nitrogen and oxygen atoms in total. The van der Waals surface area contributed by atoms with Crippen LogP contribution < -0.4 is 0 Å². The molecule has 0 aromatic carbocycles. The lowest BCUT2D eigenvalue weighted by Gasteiger charge is -2.34. The number of hydrogen-bond acceptors (Lipinski definition) is 5. The number of likely N-dealkylation sites (tertiary alicyclic amines) is 1. The van der Waals surface area contributed by atoms with Gasteiger partial charge in [-0.2, -0.15) is 0 Å². The normalized spacial score (nSPS) is 17.5. The summed E-state index contributed by atoms with van der Waals surface area (Å²) in [5.41, 5.74) is 0. The summed E-state index contributed by atoms with van der Waals surface area (Å²) in [4.78, 5) is 13.1. The largest absolute Gasteiger partial charge is 0.463 e. The Hall–Kier alpha value is -1.33. The van der Waals surface area contributed by atoms with Crippen LogP contribution in [0.15, 0.2) is 16.5 Å². The summed E-state index contributed by atoms with van der Waals surface area (Å²) in [7, 11) is 1.32. The average molecular weight is 211 g/mol. The lowest BCUT2D eigenvalue weighted by Crippen LogP contribution is -2.49. The van der Waals surface area contributed by atoms with E-state index in [4.69, 9.17) is 9.52 Å². The quantitative estimate of drug-likeness (QED) is 0.726. The zero-order valence-electron chi connectivity index (χ0n) is 8.47. The molecular formula is C10H13NO4. The Labute approximate surface area is 87.2 Å². The summed E-state index contributed by atoms with van der Waals surface area (Å²) < 4.78 is 9.81. The van der Waals surface area contributed by atoms with E-state index in [1.165, 1.54) is 7.11 Å². The van der Waals surface area contributed by atoms with Gasteiger partial charge in [-0.3, -0.25) is 4.90 Å². The van der Waals surface area contributed by atoms with Gasteiger partial charge < -0.3 is 14.3 Å². The number of ether oxygens (including phenoxy) is 1. The molecule has 1 aliphatic rings. The van der Waals surface area contributed by atoms with Gasteiger partial charge in [-0.25, -0.2) is 4.79 Å². The number of rotatable bonds is 3. The highest BCUT2D eigenvalue weighted by Crippen LogP contribution is 2.15. The predicted octanol–water partition coefficient (Wildman–Crippen LogP) is 0.243. The van der Waals surface area contributed by atoms with E-state index in [0.717, 1.165) is 0 Å². The molecule has 2 rings (SSSR count). The van der Waals surface area contributed by atoms with Gasteiger partial charge in [-0.15, -0.1) is 0 Å². The van der Waals surface area contributed by atoms with Crippen molar-refractivity contribution >= 4 is 5.97 Å². The van der Waals surface area contributed by atoms with Crippen molar-refractivity contribution in [2.45, 2.75) is 12.6 Å². The molecule has 5 heteroatoms. The first kappa shape index (κ1) is 10.2. The molecule has 0 spiro atoms. The summed E-state index contributed by atoms with van der Waals surface area (Å²) in [5, 5.41) is 9.08. The molecule has 1 saturated heterocycles. The van der Waals surface area contributed by atoms with Crippen LogP contribution in [0.25, 0.3) is 0 Å². The lowest BCUT2D eigenvalue weighted by atomic mass is 10.1. The highest BCUT2D eigenvalue weighted by atomic mass is 16.5. The number of furan rings is 1. The maximum Gasteiger partial charge on any atom is 0.373 e. The second-order valence-corrected chi connectivity index (χ2v) is 3.61. The number of β-amino-alcohol motifs (C(OH)–C–C–N with tert-alkyl or cyclic N) is 1. The van der Waals surface area contributed by atoms with Crippen LogP contribution in [-0.2, 0) is 11.3 Å². The van der Waals surface area contributed by atoms with E-state index >= 15 is 0 Å². The number of methoxy groups -OCH3 is 1. The lowest BCUT2D eigenvalue weighted by molar-refractivity contribution is -0.00659. The van der Waals surface area contributed by atoms with Crippen LogP contribution in [0, 0.1) is 0 Å². The van der Waals surface area contributed by atoms with Crippen LogP contribution in [0.2, 0.25) is 0 Å². The number of aliphatic hydroxyl groups excluding tert-OH is 1. The molecule has 0 atom stereocenters. The first-order chi connectivity index (χ1) is 7.19. The fourth-order valence-electron chi connectivity index (χ4n) is 1.57. The van der Waals surface area contributed by atoms with Gasteiger partial charge in [-0.1, -0.05) is 0 Å². The van der Waals surface area contributed by atoms with E-state index in [-0.39, 0.29) is 11.9 Å². The monoisotopic (exact) mass is 211 g/mol. The van der Waals surface area contributed by atoms with E-state index in [1.54, 1.807) is 12.1 Å². The van der Waals surface area contributed by atoms with E-state index < -0.39 is 5.97 Å². The van der Waals surface area contributed by atoms with Gasteiger partial charge in [0.25, 0.3) is 0 Å². The standard InChI is InChI=1S/C10H13NO4/c1-14-10(13)9-3-2-8(15-9)6-11-4-7(12)5-11/h2-3,7,12H,4-6H2,1H3. The number of nitrogens with zero attached hydrogens (tertiary/aromatic N) is 1. The third kappa shape index (κ3) is 2.19. The van der Waals surface area contributed by atoms with Crippen molar-refractivity contribution < 1.29 is 19.1 Å². The van der Waals surface area contributed by atoms with Crippen molar-refractivity contribution in [3.8, 4) is 0 Å². The minimum atomic E-state index is -0.468. The molecule has 15 heavy (non-hydrogen) atoms. The smallest absolute Gasteiger partial charge is 0.373 e. The number of carbonyl (C=O) groups excluding carboxylic acids is 1. The van der Waals surface area contributed by atoms with Crippen molar-refractivity contribution in [2.24, 2.45) is 0 Å². The van der Waals surface area contributed by atoms with Gasteiger partial charge in [0, 0.05) is 13.1 Å². The summed E-state index contributed by atoms with van der Waals surface area (Å²) in [6.45, 7) is 1.94. The summed E-state index contributed by atoms with van der Waals surface area (Å²) in [5.74, 6) is 0.459. The molecule has 0 unspecified atom stereocenters. The fourth-order valence-corrected chi connectivity index (χ4v) is 1.57. The molecule has 2 heterocycles. The molecule has 0 amide bonds. The Bertz CT molecular complexity index is 354. The van der Waals surface area contributed by atoms with Gasteiger partial charge in [0.05, 0.1) is 19.8 Å². The maximum atomic E-state index is 11.1. The molecule has 0 saturated carbocycles. The van der Waals surface area contributed by atoms with Gasteiger partial charge in [0.2, 0.25) is 5.76 Å². The first-order valence-electron chi connectivity index (χ1n) is 4.76. The Morgan fingerprint density at radius 1 is 1.67 bits per heavy atom. The average Bonchev–Trinajstić information content (AvgIpc) is 2.63. The highest BCUT2D eigenvalue weighted by molar-refractivity contribution is 5.86. The van der Waals surface area contributed by atoms with Gasteiger partial charge in [-0.05, 0) is 12.1 Å². The van der Waals surface area contributed by atoms with Crippen LogP contribution in [0.1, 0.15) is 16.3 Å². The Morgan fingerprint density at radius 3 is 3.00 bits per heavy atom. The molecular weight excluding hydrogens is 198 g/mol. The molecule has 1 aromatic heterocycles. The number of aliphatic hydroxyl groups is 1. The Balaban J connectivity index is 1.92. The second-order valence-electron chi connectivity index (χ2n) is 3.61. The second kappa shape index (κ2) is 4.04. The third-order valence-corrected chi connectivity index (χ3v) is 2.37. The maximum absolute atomic E-state index is 11.1. The summed E-state index contributed by atoms with van der Waals surface area (Å²) in [6, 6.07) is 3.34.